The number of aryl methyl sites for hydroxylation is 1. The number of benzene rings is 1. The molecule has 3 rings (SSSR count). The SMILES string of the molecule is CCOc1ccc(CCNC(=NCc2nnc(C)n2C)NC2CCCC2)cc1OCC.I. The van der Waals surface area contributed by atoms with E-state index in [0.29, 0.717) is 25.8 Å². The molecule has 178 valence electrons. The number of guanidine groups is 1. The van der Waals surface area contributed by atoms with Crippen molar-refractivity contribution < 1.29 is 9.47 Å². The quantitative estimate of drug-likeness (QED) is 0.264. The second kappa shape index (κ2) is 13.5. The van der Waals surface area contributed by atoms with Gasteiger partial charge in [0.2, 0.25) is 0 Å². The number of nitrogens with one attached hydrogen (secondary N) is 2. The predicted octanol–water partition coefficient (Wildman–Crippen LogP) is 3.76. The summed E-state index contributed by atoms with van der Waals surface area (Å²) in [5, 5.41) is 15.4. The molecule has 0 atom stereocenters. The molecule has 1 fully saturated rings. The fourth-order valence-corrected chi connectivity index (χ4v) is 3.73. The minimum atomic E-state index is 0. The third kappa shape index (κ3) is 7.53. The zero-order valence-corrected chi connectivity index (χ0v) is 22.0. The molecule has 1 heterocycles. The molecule has 32 heavy (non-hydrogen) atoms. The van der Waals surface area contributed by atoms with E-state index in [1.807, 2.05) is 38.5 Å². The van der Waals surface area contributed by atoms with Gasteiger partial charge in [-0.3, -0.25) is 0 Å². The predicted molar refractivity (Wildman–Crippen MR) is 138 cm³/mol. The number of aliphatic imine (C=N–C) groups is 1. The lowest BCUT2D eigenvalue weighted by atomic mass is 10.1. The lowest BCUT2D eigenvalue weighted by molar-refractivity contribution is 0.287. The Labute approximate surface area is 208 Å². The van der Waals surface area contributed by atoms with Crippen molar-refractivity contribution in [1.29, 1.82) is 0 Å². The van der Waals surface area contributed by atoms with E-state index in [1.165, 1.54) is 31.2 Å². The minimum absolute atomic E-state index is 0. The highest BCUT2D eigenvalue weighted by Gasteiger charge is 2.16. The van der Waals surface area contributed by atoms with Gasteiger partial charge < -0.3 is 24.7 Å². The summed E-state index contributed by atoms with van der Waals surface area (Å²) in [6.45, 7) is 8.43. The van der Waals surface area contributed by atoms with Crippen LogP contribution in [0.4, 0.5) is 0 Å². The van der Waals surface area contributed by atoms with E-state index in [4.69, 9.17) is 14.5 Å². The standard InChI is InChI=1S/C23H36N6O2.HI/c1-5-30-20-12-11-18(15-21(20)31-6-2)13-14-24-23(26-19-9-7-8-10-19)25-16-22-28-27-17(3)29(22)4;/h11-12,15,19H,5-10,13-14,16H2,1-4H3,(H2,24,25,26);1H. The Morgan fingerprint density at radius 3 is 2.50 bits per heavy atom. The summed E-state index contributed by atoms with van der Waals surface area (Å²) in [5.74, 6) is 4.19. The van der Waals surface area contributed by atoms with Crippen molar-refractivity contribution in [2.45, 2.75) is 65.5 Å². The van der Waals surface area contributed by atoms with Crippen molar-refractivity contribution in [3.63, 3.8) is 0 Å². The van der Waals surface area contributed by atoms with E-state index in [1.54, 1.807) is 0 Å². The average molecular weight is 556 g/mol. The largest absolute Gasteiger partial charge is 0.490 e. The maximum atomic E-state index is 5.75. The number of halogens is 1. The second-order valence-corrected chi connectivity index (χ2v) is 7.84. The van der Waals surface area contributed by atoms with Crippen LogP contribution in [-0.4, -0.2) is 46.5 Å². The highest BCUT2D eigenvalue weighted by atomic mass is 127. The minimum Gasteiger partial charge on any atom is -0.490 e. The summed E-state index contributed by atoms with van der Waals surface area (Å²) in [6.07, 6.45) is 5.81. The molecule has 1 saturated carbocycles. The van der Waals surface area contributed by atoms with Crippen molar-refractivity contribution in [2.75, 3.05) is 19.8 Å². The number of nitrogens with zero attached hydrogens (tertiary/aromatic N) is 4. The molecule has 0 amide bonds. The second-order valence-electron chi connectivity index (χ2n) is 7.84. The van der Waals surface area contributed by atoms with Crippen LogP contribution in [0.15, 0.2) is 23.2 Å². The Bertz CT molecular complexity index is 864. The van der Waals surface area contributed by atoms with Crippen molar-refractivity contribution in [1.82, 2.24) is 25.4 Å². The van der Waals surface area contributed by atoms with E-state index < -0.39 is 0 Å². The first-order valence-electron chi connectivity index (χ1n) is 11.4. The van der Waals surface area contributed by atoms with Gasteiger partial charge in [-0.25, -0.2) is 4.99 Å². The number of aromatic nitrogens is 3. The van der Waals surface area contributed by atoms with E-state index in [9.17, 15) is 0 Å². The van der Waals surface area contributed by atoms with Crippen molar-refractivity contribution in [2.24, 2.45) is 12.0 Å². The normalized spacial score (nSPS) is 14.2. The maximum Gasteiger partial charge on any atom is 0.191 e. The molecular formula is C23H37IN6O2. The molecule has 0 unspecified atom stereocenters. The molecule has 0 spiro atoms. The zero-order chi connectivity index (χ0) is 22.1. The Hall–Kier alpha value is -2.04. The number of rotatable bonds is 10. The third-order valence-electron chi connectivity index (χ3n) is 5.57. The summed E-state index contributed by atoms with van der Waals surface area (Å²) in [4.78, 5) is 4.77. The van der Waals surface area contributed by atoms with E-state index in [0.717, 1.165) is 42.1 Å². The highest BCUT2D eigenvalue weighted by Crippen LogP contribution is 2.28. The topological polar surface area (TPSA) is 85.6 Å². The van der Waals surface area contributed by atoms with Crippen molar-refractivity contribution in [3.05, 3.63) is 35.4 Å². The summed E-state index contributed by atoms with van der Waals surface area (Å²) in [6, 6.07) is 6.65. The van der Waals surface area contributed by atoms with Crippen LogP contribution in [0.25, 0.3) is 0 Å². The van der Waals surface area contributed by atoms with Crippen LogP contribution >= 0.6 is 24.0 Å². The van der Waals surface area contributed by atoms with Crippen molar-refractivity contribution >= 4 is 29.9 Å². The van der Waals surface area contributed by atoms with Gasteiger partial charge in [-0.05, 0) is 57.7 Å². The summed E-state index contributed by atoms with van der Waals surface area (Å²) in [5.41, 5.74) is 1.20. The van der Waals surface area contributed by atoms with Crippen LogP contribution in [0.5, 0.6) is 11.5 Å². The van der Waals surface area contributed by atoms with Gasteiger partial charge in [0.15, 0.2) is 23.3 Å². The molecule has 0 bridgehead atoms. The Kier molecular flexibility index (Phi) is 11.1. The molecule has 0 saturated heterocycles. The van der Waals surface area contributed by atoms with Gasteiger partial charge in [-0.2, -0.15) is 0 Å². The molecule has 2 N–H and O–H groups in total. The van der Waals surface area contributed by atoms with Crippen LogP contribution in [0.1, 0.15) is 56.7 Å². The number of ether oxygens (including phenoxy) is 2. The molecular weight excluding hydrogens is 519 g/mol. The van der Waals surface area contributed by atoms with Gasteiger partial charge in [0, 0.05) is 19.6 Å². The van der Waals surface area contributed by atoms with Gasteiger partial charge in [-0.15, -0.1) is 34.2 Å². The van der Waals surface area contributed by atoms with E-state index in [-0.39, 0.29) is 24.0 Å². The van der Waals surface area contributed by atoms with Gasteiger partial charge in [0.25, 0.3) is 0 Å². The van der Waals surface area contributed by atoms with Gasteiger partial charge in [0.05, 0.1) is 13.2 Å². The third-order valence-corrected chi connectivity index (χ3v) is 5.57. The van der Waals surface area contributed by atoms with E-state index in [2.05, 4.69) is 33.0 Å². The molecule has 8 nitrogen and oxygen atoms in total. The molecule has 0 aliphatic heterocycles. The number of hydrogen-bond donors (Lipinski definition) is 2. The molecule has 0 radical (unpaired) electrons. The molecule has 1 aliphatic carbocycles. The fraction of sp³-hybridized carbons (Fsp3) is 0.609. The molecule has 9 heteroatoms. The first kappa shape index (κ1) is 26.2. The summed E-state index contributed by atoms with van der Waals surface area (Å²) < 4.78 is 13.4. The van der Waals surface area contributed by atoms with Crippen LogP contribution in [0.2, 0.25) is 0 Å². The smallest absolute Gasteiger partial charge is 0.191 e. The zero-order valence-electron chi connectivity index (χ0n) is 19.7. The van der Waals surface area contributed by atoms with Gasteiger partial charge in [0.1, 0.15) is 12.4 Å². The van der Waals surface area contributed by atoms with Crippen LogP contribution in [0.3, 0.4) is 0 Å². The first-order chi connectivity index (χ1) is 15.1. The molecule has 2 aromatic rings. The van der Waals surface area contributed by atoms with Crippen molar-refractivity contribution in [3.8, 4) is 11.5 Å². The van der Waals surface area contributed by atoms with Crippen LogP contribution < -0.4 is 20.1 Å². The highest BCUT2D eigenvalue weighted by molar-refractivity contribution is 14.0. The Balaban J connectivity index is 0.00000363. The Morgan fingerprint density at radius 1 is 1.12 bits per heavy atom. The monoisotopic (exact) mass is 556 g/mol. The molecule has 1 aromatic carbocycles. The molecule has 1 aliphatic rings. The van der Waals surface area contributed by atoms with Gasteiger partial charge in [-0.1, -0.05) is 18.9 Å². The van der Waals surface area contributed by atoms with Gasteiger partial charge >= 0.3 is 0 Å². The maximum absolute atomic E-state index is 5.75. The average Bonchev–Trinajstić information content (AvgIpc) is 3.38. The Morgan fingerprint density at radius 2 is 1.84 bits per heavy atom. The summed E-state index contributed by atoms with van der Waals surface area (Å²) in [7, 11) is 1.97. The first-order valence-corrected chi connectivity index (χ1v) is 11.4. The molecule has 1 aromatic heterocycles. The summed E-state index contributed by atoms with van der Waals surface area (Å²) >= 11 is 0. The number of hydrogen-bond acceptors (Lipinski definition) is 5. The lowest BCUT2D eigenvalue weighted by Crippen LogP contribution is -2.43. The van der Waals surface area contributed by atoms with Crippen LogP contribution in [-0.2, 0) is 20.0 Å². The van der Waals surface area contributed by atoms with E-state index >= 15 is 0 Å². The van der Waals surface area contributed by atoms with Crippen LogP contribution in [0, 0.1) is 6.92 Å². The lowest BCUT2D eigenvalue weighted by Gasteiger charge is -2.18. The fourth-order valence-electron chi connectivity index (χ4n) is 3.73.